The number of carbonyl (C=O) groups excluding carboxylic acids is 1. The maximum absolute atomic E-state index is 12.1. The lowest BCUT2D eigenvalue weighted by atomic mass is 10.1. The second kappa shape index (κ2) is 8.83. The molecule has 0 radical (unpaired) electrons. The smallest absolute Gasteiger partial charge is 0.246 e. The molecule has 8 heteroatoms. The van der Waals surface area contributed by atoms with Crippen LogP contribution >= 0.6 is 0 Å². The lowest BCUT2D eigenvalue weighted by Crippen LogP contribution is -2.51. The van der Waals surface area contributed by atoms with E-state index in [1.54, 1.807) is 0 Å². The third-order valence-corrected chi connectivity index (χ3v) is 6.47. The number of amides is 1. The number of carbonyl (C=O) groups is 1. The average molecular weight is 382 g/mol. The molecule has 2 aliphatic heterocycles. The molecule has 2 atom stereocenters. The Bertz CT molecular complexity index is 689. The normalized spacial score (nSPS) is 25.2. The lowest BCUT2D eigenvalue weighted by molar-refractivity contribution is -0.126. The van der Waals surface area contributed by atoms with Gasteiger partial charge in [0, 0.05) is 6.04 Å². The highest BCUT2D eigenvalue weighted by Crippen LogP contribution is 2.22. The third-order valence-electron chi connectivity index (χ3n) is 4.75. The minimum absolute atomic E-state index is 0.0109. The van der Waals surface area contributed by atoms with Gasteiger partial charge in [-0.3, -0.25) is 9.69 Å². The van der Waals surface area contributed by atoms with Gasteiger partial charge in [0.25, 0.3) is 0 Å². The summed E-state index contributed by atoms with van der Waals surface area (Å²) < 4.78 is 34.8. The number of hydrogen-bond donors (Lipinski definition) is 1. The molecule has 1 N–H and O–H groups in total. The molecule has 2 unspecified atom stereocenters. The van der Waals surface area contributed by atoms with Crippen molar-refractivity contribution in [3.8, 4) is 5.75 Å². The molecule has 0 bridgehead atoms. The van der Waals surface area contributed by atoms with Crippen LogP contribution in [-0.2, 0) is 19.4 Å². The first kappa shape index (κ1) is 19.1. The predicted molar refractivity (Wildman–Crippen MR) is 97.9 cm³/mol. The summed E-state index contributed by atoms with van der Waals surface area (Å²) in [5.41, 5.74) is 0. The van der Waals surface area contributed by atoms with Crippen molar-refractivity contribution in [3.05, 3.63) is 30.3 Å². The van der Waals surface area contributed by atoms with Crippen molar-refractivity contribution in [1.29, 1.82) is 0 Å². The number of hydrogen-bond acceptors (Lipinski definition) is 6. The van der Waals surface area contributed by atoms with Gasteiger partial charge in [-0.25, -0.2) is 8.42 Å². The molecule has 0 aliphatic carbocycles. The van der Waals surface area contributed by atoms with E-state index in [4.69, 9.17) is 9.47 Å². The molecule has 0 spiro atoms. The summed E-state index contributed by atoms with van der Waals surface area (Å²) in [6.07, 6.45) is 2.17. The molecule has 2 saturated heterocycles. The van der Waals surface area contributed by atoms with Crippen LogP contribution in [0.5, 0.6) is 5.75 Å². The van der Waals surface area contributed by atoms with Gasteiger partial charge in [-0.1, -0.05) is 18.2 Å². The Morgan fingerprint density at radius 3 is 2.58 bits per heavy atom. The Labute approximate surface area is 154 Å². The molecule has 1 aromatic rings. The topological polar surface area (TPSA) is 84.9 Å². The monoisotopic (exact) mass is 382 g/mol. The minimum Gasteiger partial charge on any atom is -0.491 e. The predicted octanol–water partition coefficient (Wildman–Crippen LogP) is 0.460. The molecular weight excluding hydrogens is 356 g/mol. The zero-order valence-corrected chi connectivity index (χ0v) is 15.6. The number of nitrogens with zero attached hydrogens (tertiary/aromatic N) is 1. The van der Waals surface area contributed by atoms with Gasteiger partial charge < -0.3 is 14.8 Å². The first-order valence-electron chi connectivity index (χ1n) is 9.03. The van der Waals surface area contributed by atoms with Crippen LogP contribution < -0.4 is 10.1 Å². The second-order valence-electron chi connectivity index (χ2n) is 6.78. The Hall–Kier alpha value is -1.64. The number of benzene rings is 1. The fourth-order valence-corrected chi connectivity index (χ4v) is 5.50. The van der Waals surface area contributed by atoms with Gasteiger partial charge in [0.2, 0.25) is 5.91 Å². The summed E-state index contributed by atoms with van der Waals surface area (Å²) in [6.45, 7) is 2.35. The molecule has 0 saturated carbocycles. The molecule has 1 aromatic carbocycles. The van der Waals surface area contributed by atoms with Gasteiger partial charge in [0.1, 0.15) is 19.0 Å². The van der Waals surface area contributed by atoms with Gasteiger partial charge in [0.15, 0.2) is 9.84 Å². The van der Waals surface area contributed by atoms with Crippen LogP contribution in [0.4, 0.5) is 0 Å². The van der Waals surface area contributed by atoms with Crippen molar-refractivity contribution >= 4 is 15.7 Å². The Morgan fingerprint density at radius 2 is 1.85 bits per heavy atom. The summed E-state index contributed by atoms with van der Waals surface area (Å²) in [4.78, 5) is 14.3. The van der Waals surface area contributed by atoms with Crippen LogP contribution in [0.2, 0.25) is 0 Å². The first-order valence-corrected chi connectivity index (χ1v) is 10.8. The molecule has 26 heavy (non-hydrogen) atoms. The van der Waals surface area contributed by atoms with Crippen LogP contribution in [0.3, 0.4) is 0 Å². The SMILES string of the molecule is O=C(COCCOc1ccccc1)NC1CS(=O)(=O)CC1N1CCCC1. The first-order chi connectivity index (χ1) is 12.5. The quantitative estimate of drug-likeness (QED) is 0.658. The van der Waals surface area contributed by atoms with Crippen LogP contribution in [-0.4, -0.2) is 75.7 Å². The van der Waals surface area contributed by atoms with E-state index in [9.17, 15) is 13.2 Å². The van der Waals surface area contributed by atoms with E-state index < -0.39 is 9.84 Å². The second-order valence-corrected chi connectivity index (χ2v) is 8.93. The standard InChI is InChI=1S/C18H26N2O5S/c21-18(12-24-10-11-25-15-6-2-1-3-7-15)19-16-13-26(22,23)14-17(16)20-8-4-5-9-20/h1-3,6-7,16-17H,4-5,8-14H2,(H,19,21). The Balaban J connectivity index is 1.39. The number of sulfone groups is 1. The van der Waals surface area contributed by atoms with Gasteiger partial charge in [-0.15, -0.1) is 0 Å². The van der Waals surface area contributed by atoms with Crippen molar-refractivity contribution < 1.29 is 22.7 Å². The van der Waals surface area contributed by atoms with E-state index in [1.807, 2.05) is 30.3 Å². The number of rotatable bonds is 8. The molecule has 144 valence electrons. The zero-order chi connectivity index (χ0) is 18.4. The summed E-state index contributed by atoms with van der Waals surface area (Å²) >= 11 is 0. The highest BCUT2D eigenvalue weighted by atomic mass is 32.2. The maximum atomic E-state index is 12.1. The van der Waals surface area contributed by atoms with Gasteiger partial charge in [0.05, 0.1) is 24.2 Å². The summed E-state index contributed by atoms with van der Waals surface area (Å²) in [5, 5.41) is 2.84. The van der Waals surface area contributed by atoms with Gasteiger partial charge in [-0.05, 0) is 38.1 Å². The van der Waals surface area contributed by atoms with E-state index >= 15 is 0 Å². The fraction of sp³-hybridized carbons (Fsp3) is 0.611. The van der Waals surface area contributed by atoms with Crippen molar-refractivity contribution in [2.75, 3.05) is 44.4 Å². The van der Waals surface area contributed by atoms with Crippen LogP contribution in [0.25, 0.3) is 0 Å². The Morgan fingerprint density at radius 1 is 1.12 bits per heavy atom. The van der Waals surface area contributed by atoms with E-state index in [1.165, 1.54) is 0 Å². The Kier molecular flexibility index (Phi) is 6.50. The summed E-state index contributed by atoms with van der Waals surface area (Å²) in [7, 11) is -3.10. The van der Waals surface area contributed by atoms with Gasteiger partial charge >= 0.3 is 0 Å². The van der Waals surface area contributed by atoms with E-state index in [0.29, 0.717) is 13.2 Å². The van der Waals surface area contributed by atoms with Crippen molar-refractivity contribution in [3.63, 3.8) is 0 Å². The third kappa shape index (κ3) is 5.43. The van der Waals surface area contributed by atoms with Crippen LogP contribution in [0.1, 0.15) is 12.8 Å². The van der Waals surface area contributed by atoms with Crippen molar-refractivity contribution in [2.45, 2.75) is 24.9 Å². The van der Waals surface area contributed by atoms with Crippen molar-refractivity contribution in [1.82, 2.24) is 10.2 Å². The molecule has 2 aliphatic rings. The highest BCUT2D eigenvalue weighted by molar-refractivity contribution is 7.91. The summed E-state index contributed by atoms with van der Waals surface area (Å²) in [6, 6.07) is 8.92. The number of para-hydroxylation sites is 1. The number of ether oxygens (including phenoxy) is 2. The van der Waals surface area contributed by atoms with Gasteiger partial charge in [-0.2, -0.15) is 0 Å². The number of likely N-dealkylation sites (tertiary alicyclic amines) is 1. The molecule has 3 rings (SSSR count). The highest BCUT2D eigenvalue weighted by Gasteiger charge is 2.42. The van der Waals surface area contributed by atoms with E-state index in [-0.39, 0.29) is 36.1 Å². The van der Waals surface area contributed by atoms with E-state index in [0.717, 1.165) is 31.7 Å². The van der Waals surface area contributed by atoms with E-state index in [2.05, 4.69) is 10.2 Å². The van der Waals surface area contributed by atoms with Crippen LogP contribution in [0.15, 0.2) is 30.3 Å². The largest absolute Gasteiger partial charge is 0.491 e. The average Bonchev–Trinajstić information content (AvgIpc) is 3.23. The van der Waals surface area contributed by atoms with Crippen molar-refractivity contribution in [2.24, 2.45) is 0 Å². The molecule has 2 fully saturated rings. The molecule has 2 heterocycles. The minimum atomic E-state index is -3.10. The molecular formula is C18H26N2O5S. The molecule has 0 aromatic heterocycles. The summed E-state index contributed by atoms with van der Waals surface area (Å²) in [5.74, 6) is 0.613. The number of nitrogens with one attached hydrogen (secondary N) is 1. The molecule has 1 amide bonds. The van der Waals surface area contributed by atoms with Crippen LogP contribution in [0, 0.1) is 0 Å². The lowest BCUT2D eigenvalue weighted by Gasteiger charge is -2.28. The zero-order valence-electron chi connectivity index (χ0n) is 14.8. The maximum Gasteiger partial charge on any atom is 0.246 e. The fourth-order valence-electron chi connectivity index (χ4n) is 3.55. The molecule has 7 nitrogen and oxygen atoms in total.